The number of carbonyl (C=O) groups is 2. The van der Waals surface area contributed by atoms with E-state index in [1.807, 2.05) is 41.8 Å². The molecule has 1 aliphatic carbocycles. The van der Waals surface area contributed by atoms with Crippen LogP contribution < -0.4 is 10.9 Å². The van der Waals surface area contributed by atoms with Crippen molar-refractivity contribution >= 4 is 11.9 Å². The number of nitrogens with one attached hydrogen (secondary N) is 1. The summed E-state index contributed by atoms with van der Waals surface area (Å²) in [7, 11) is 0. The number of carboxylic acid groups (broad SMARTS) is 1. The number of pyridine rings is 1. The molecule has 1 aromatic heterocycles. The number of nitrogens with zero attached hydrogens (tertiary/aromatic N) is 1. The summed E-state index contributed by atoms with van der Waals surface area (Å²) in [6.45, 7) is 4.76. The summed E-state index contributed by atoms with van der Waals surface area (Å²) in [5.74, 6) is -1.29. The molecule has 3 rings (SSSR count). The van der Waals surface area contributed by atoms with E-state index in [1.165, 1.54) is 19.3 Å². The first-order valence-electron chi connectivity index (χ1n) is 12.3. The SMILES string of the molecule is CCCc1c(CC)cc(C(=O)N[C@@H](Cc2ccccc2)C(=O)O)c(=O)n1CC1CCCCC1. The summed E-state index contributed by atoms with van der Waals surface area (Å²) in [5.41, 5.74) is 2.57. The molecular weight excluding hydrogens is 416 g/mol. The Bertz CT molecular complexity index is 1010. The van der Waals surface area contributed by atoms with Crippen LogP contribution in [0.25, 0.3) is 0 Å². The van der Waals surface area contributed by atoms with Gasteiger partial charge in [-0.15, -0.1) is 0 Å². The van der Waals surface area contributed by atoms with Crippen LogP contribution in [0.4, 0.5) is 0 Å². The molecule has 33 heavy (non-hydrogen) atoms. The van der Waals surface area contributed by atoms with E-state index in [2.05, 4.69) is 12.2 Å². The molecule has 0 saturated heterocycles. The van der Waals surface area contributed by atoms with E-state index in [0.717, 1.165) is 42.5 Å². The minimum Gasteiger partial charge on any atom is -0.480 e. The van der Waals surface area contributed by atoms with Crippen LogP contribution in [0, 0.1) is 5.92 Å². The lowest BCUT2D eigenvalue weighted by atomic mass is 9.89. The number of hydrogen-bond donors (Lipinski definition) is 2. The van der Waals surface area contributed by atoms with Gasteiger partial charge in [-0.25, -0.2) is 4.79 Å². The van der Waals surface area contributed by atoms with Crippen molar-refractivity contribution in [3.8, 4) is 0 Å². The fourth-order valence-corrected chi connectivity index (χ4v) is 4.87. The van der Waals surface area contributed by atoms with Crippen LogP contribution in [0.2, 0.25) is 0 Å². The van der Waals surface area contributed by atoms with Crippen LogP contribution in [0.1, 0.15) is 79.6 Å². The molecule has 0 bridgehead atoms. The second kappa shape index (κ2) is 11.8. The van der Waals surface area contributed by atoms with E-state index in [9.17, 15) is 19.5 Å². The molecule has 1 heterocycles. The number of carbonyl (C=O) groups excluding carboxylic acids is 1. The summed E-state index contributed by atoms with van der Waals surface area (Å²) in [6, 6.07) is 9.76. The van der Waals surface area contributed by atoms with Crippen molar-refractivity contribution in [2.75, 3.05) is 0 Å². The Morgan fingerprint density at radius 1 is 1.12 bits per heavy atom. The second-order valence-corrected chi connectivity index (χ2v) is 9.11. The van der Waals surface area contributed by atoms with E-state index in [-0.39, 0.29) is 17.5 Å². The van der Waals surface area contributed by atoms with Crippen molar-refractivity contribution in [2.24, 2.45) is 5.92 Å². The lowest BCUT2D eigenvalue weighted by Gasteiger charge is -2.26. The van der Waals surface area contributed by atoms with Crippen molar-refractivity contribution in [2.45, 2.75) is 84.2 Å². The van der Waals surface area contributed by atoms with Gasteiger partial charge in [-0.1, -0.05) is 69.9 Å². The minimum atomic E-state index is -1.12. The highest BCUT2D eigenvalue weighted by atomic mass is 16.4. The average molecular weight is 453 g/mol. The predicted molar refractivity (Wildman–Crippen MR) is 130 cm³/mol. The highest BCUT2D eigenvalue weighted by Crippen LogP contribution is 2.26. The average Bonchev–Trinajstić information content (AvgIpc) is 2.82. The molecule has 0 unspecified atom stereocenters. The molecule has 1 aliphatic rings. The highest BCUT2D eigenvalue weighted by molar-refractivity contribution is 5.96. The molecule has 1 amide bonds. The van der Waals surface area contributed by atoms with Crippen molar-refractivity contribution < 1.29 is 14.7 Å². The summed E-state index contributed by atoms with van der Waals surface area (Å²) < 4.78 is 1.82. The van der Waals surface area contributed by atoms with Gasteiger partial charge in [0.1, 0.15) is 11.6 Å². The number of carboxylic acids is 1. The first-order chi connectivity index (χ1) is 15.9. The lowest BCUT2D eigenvalue weighted by molar-refractivity contribution is -0.139. The zero-order chi connectivity index (χ0) is 23.8. The first-order valence-corrected chi connectivity index (χ1v) is 12.3. The largest absolute Gasteiger partial charge is 0.480 e. The van der Waals surface area contributed by atoms with E-state index >= 15 is 0 Å². The zero-order valence-electron chi connectivity index (χ0n) is 19.8. The maximum atomic E-state index is 13.5. The third kappa shape index (κ3) is 6.34. The Morgan fingerprint density at radius 2 is 1.82 bits per heavy atom. The maximum Gasteiger partial charge on any atom is 0.326 e. The fourth-order valence-electron chi connectivity index (χ4n) is 4.87. The van der Waals surface area contributed by atoms with Crippen LogP contribution >= 0.6 is 0 Å². The summed E-state index contributed by atoms with van der Waals surface area (Å²) >= 11 is 0. The van der Waals surface area contributed by atoms with Crippen molar-refractivity contribution in [1.82, 2.24) is 9.88 Å². The molecule has 0 radical (unpaired) electrons. The van der Waals surface area contributed by atoms with Crippen LogP contribution in [0.3, 0.4) is 0 Å². The van der Waals surface area contributed by atoms with Crippen LogP contribution in [-0.2, 0) is 30.6 Å². The Kier molecular flexibility index (Phi) is 8.87. The number of aliphatic carboxylic acids is 1. The van der Waals surface area contributed by atoms with Crippen molar-refractivity contribution in [1.29, 1.82) is 0 Å². The molecule has 2 aromatic rings. The maximum absolute atomic E-state index is 13.5. The highest BCUT2D eigenvalue weighted by Gasteiger charge is 2.25. The van der Waals surface area contributed by atoms with Gasteiger partial charge in [-0.3, -0.25) is 9.59 Å². The van der Waals surface area contributed by atoms with Gasteiger partial charge < -0.3 is 15.0 Å². The van der Waals surface area contributed by atoms with Gasteiger partial charge >= 0.3 is 5.97 Å². The van der Waals surface area contributed by atoms with Crippen LogP contribution in [0.15, 0.2) is 41.2 Å². The molecular formula is C27H36N2O4. The van der Waals surface area contributed by atoms with Crippen LogP contribution in [0.5, 0.6) is 0 Å². The molecule has 2 N–H and O–H groups in total. The number of benzene rings is 1. The molecule has 1 aromatic carbocycles. The van der Waals surface area contributed by atoms with Gasteiger partial charge in [0, 0.05) is 18.7 Å². The Balaban J connectivity index is 1.93. The topological polar surface area (TPSA) is 88.4 Å². The number of aryl methyl sites for hydroxylation is 1. The van der Waals surface area contributed by atoms with E-state index in [4.69, 9.17) is 0 Å². The minimum absolute atomic E-state index is 0.0434. The Labute approximate surface area is 196 Å². The van der Waals surface area contributed by atoms with E-state index in [0.29, 0.717) is 18.9 Å². The molecule has 1 saturated carbocycles. The molecule has 6 nitrogen and oxygen atoms in total. The molecule has 6 heteroatoms. The third-order valence-electron chi connectivity index (χ3n) is 6.65. The van der Waals surface area contributed by atoms with Gasteiger partial charge in [-0.05, 0) is 48.8 Å². The van der Waals surface area contributed by atoms with Crippen molar-refractivity contribution in [3.63, 3.8) is 0 Å². The molecule has 1 atom stereocenters. The van der Waals surface area contributed by atoms with Gasteiger partial charge in [0.15, 0.2) is 0 Å². The third-order valence-corrected chi connectivity index (χ3v) is 6.65. The quantitative estimate of drug-likeness (QED) is 0.560. The van der Waals surface area contributed by atoms with Crippen molar-refractivity contribution in [3.05, 3.63) is 69.1 Å². The fraction of sp³-hybridized carbons (Fsp3) is 0.519. The monoisotopic (exact) mass is 452 g/mol. The van der Waals surface area contributed by atoms with Crippen LogP contribution in [-0.4, -0.2) is 27.6 Å². The van der Waals surface area contributed by atoms with Gasteiger partial charge in [0.05, 0.1) is 0 Å². The summed E-state index contributed by atoms with van der Waals surface area (Å²) in [4.78, 5) is 38.5. The first kappa shape index (κ1) is 24.7. The van der Waals surface area contributed by atoms with E-state index in [1.54, 1.807) is 6.07 Å². The second-order valence-electron chi connectivity index (χ2n) is 9.11. The zero-order valence-corrected chi connectivity index (χ0v) is 19.8. The Hall–Kier alpha value is -2.89. The van der Waals surface area contributed by atoms with E-state index < -0.39 is 17.9 Å². The van der Waals surface area contributed by atoms with Gasteiger partial charge in [0.25, 0.3) is 11.5 Å². The smallest absolute Gasteiger partial charge is 0.326 e. The standard InChI is InChI=1S/C27H36N2O4/c1-3-11-24-21(4-2)17-22(26(31)29(24)18-20-14-9-6-10-15-20)25(30)28-23(27(32)33)16-19-12-7-5-8-13-19/h5,7-8,12-13,17,20,23H,3-4,6,9-11,14-16,18H2,1-2H3,(H,28,30)(H,32,33)/t23-/m0/s1. The number of hydrogen-bond acceptors (Lipinski definition) is 3. The normalized spacial score (nSPS) is 15.2. The molecule has 0 aliphatic heterocycles. The Morgan fingerprint density at radius 3 is 2.42 bits per heavy atom. The summed E-state index contributed by atoms with van der Waals surface area (Å²) in [5, 5.41) is 12.3. The van der Waals surface area contributed by atoms with Gasteiger partial charge in [-0.2, -0.15) is 0 Å². The molecule has 0 spiro atoms. The molecule has 178 valence electrons. The van der Waals surface area contributed by atoms with Gasteiger partial charge in [0.2, 0.25) is 0 Å². The lowest BCUT2D eigenvalue weighted by Crippen LogP contribution is -2.45. The summed E-state index contributed by atoms with van der Waals surface area (Å²) in [6.07, 6.45) is 8.40. The number of aromatic nitrogens is 1. The molecule has 1 fully saturated rings. The number of rotatable bonds is 10. The number of amides is 1. The predicted octanol–water partition coefficient (Wildman–Crippen LogP) is 4.37.